The Balaban J connectivity index is 3.17. The third-order valence-electron chi connectivity index (χ3n) is 1.80. The highest BCUT2D eigenvalue weighted by Gasteiger charge is 1.95. The Labute approximate surface area is 99.0 Å². The van der Waals surface area contributed by atoms with Gasteiger partial charge in [-0.2, -0.15) is 0 Å². The molecule has 2 N–H and O–H groups in total. The minimum absolute atomic E-state index is 0.597. The number of hydrogen-bond donors (Lipinski definition) is 2. The summed E-state index contributed by atoms with van der Waals surface area (Å²) in [6.07, 6.45) is 2.35. The lowest BCUT2D eigenvalue weighted by Crippen LogP contribution is -2.37. The first-order chi connectivity index (χ1) is 7.16. The molecule has 4 heteroatoms. The maximum Gasteiger partial charge on any atom is 0.166 e. The van der Waals surface area contributed by atoms with Crippen LogP contribution in [0.3, 0.4) is 0 Å². The van der Waals surface area contributed by atoms with E-state index in [0.717, 1.165) is 31.2 Å². The van der Waals surface area contributed by atoms with Crippen molar-refractivity contribution in [1.82, 2.24) is 10.6 Å². The summed E-state index contributed by atoms with van der Waals surface area (Å²) in [5.41, 5.74) is 0. The first kappa shape index (κ1) is 14.6. The molecule has 0 spiro atoms. The van der Waals surface area contributed by atoms with Crippen LogP contribution in [-0.2, 0) is 4.74 Å². The first-order valence-corrected chi connectivity index (χ1v) is 6.17. The molecule has 0 atom stereocenters. The minimum atomic E-state index is 0.597. The van der Waals surface area contributed by atoms with Gasteiger partial charge in [0.1, 0.15) is 0 Å². The maximum absolute atomic E-state index is 5.42. The minimum Gasteiger partial charge on any atom is -0.379 e. The predicted molar refractivity (Wildman–Crippen MR) is 69.2 cm³/mol. The number of ether oxygens (including phenoxy) is 1. The Morgan fingerprint density at radius 1 is 1.27 bits per heavy atom. The molecule has 0 radical (unpaired) electrons. The van der Waals surface area contributed by atoms with Gasteiger partial charge < -0.3 is 15.4 Å². The van der Waals surface area contributed by atoms with Gasteiger partial charge in [0.05, 0.1) is 6.61 Å². The van der Waals surface area contributed by atoms with Crippen molar-refractivity contribution in [1.29, 1.82) is 0 Å². The topological polar surface area (TPSA) is 33.3 Å². The van der Waals surface area contributed by atoms with Crippen LogP contribution in [0.1, 0.15) is 33.6 Å². The van der Waals surface area contributed by atoms with E-state index in [1.54, 1.807) is 0 Å². The summed E-state index contributed by atoms with van der Waals surface area (Å²) in [7, 11) is 0. The van der Waals surface area contributed by atoms with Gasteiger partial charge >= 0.3 is 0 Å². The third kappa shape index (κ3) is 11.6. The average molecular weight is 232 g/mol. The van der Waals surface area contributed by atoms with Crippen LogP contribution < -0.4 is 10.6 Å². The largest absolute Gasteiger partial charge is 0.379 e. The number of rotatable bonds is 8. The molecule has 0 aliphatic heterocycles. The van der Waals surface area contributed by atoms with Crippen molar-refractivity contribution in [2.24, 2.45) is 5.92 Å². The third-order valence-corrected chi connectivity index (χ3v) is 2.09. The van der Waals surface area contributed by atoms with E-state index in [2.05, 4.69) is 31.4 Å². The zero-order valence-electron chi connectivity index (χ0n) is 10.1. The molecule has 90 valence electrons. The van der Waals surface area contributed by atoms with Crippen molar-refractivity contribution < 1.29 is 4.74 Å². The van der Waals surface area contributed by atoms with Gasteiger partial charge in [0.25, 0.3) is 0 Å². The Morgan fingerprint density at radius 3 is 2.53 bits per heavy atom. The molecule has 0 saturated carbocycles. The monoisotopic (exact) mass is 232 g/mol. The molecule has 0 aromatic heterocycles. The van der Waals surface area contributed by atoms with Crippen LogP contribution >= 0.6 is 12.2 Å². The van der Waals surface area contributed by atoms with Gasteiger partial charge in [-0.3, -0.25) is 0 Å². The van der Waals surface area contributed by atoms with E-state index in [1.807, 2.05) is 0 Å². The molecule has 0 aromatic rings. The summed E-state index contributed by atoms with van der Waals surface area (Å²) in [4.78, 5) is 0. The summed E-state index contributed by atoms with van der Waals surface area (Å²) >= 11 is 5.09. The van der Waals surface area contributed by atoms with Crippen LogP contribution in [0, 0.1) is 5.92 Å². The molecule has 0 aliphatic rings. The highest BCUT2D eigenvalue weighted by atomic mass is 32.1. The Bertz CT molecular complexity index is 163. The molecule has 0 bridgehead atoms. The molecule has 0 aliphatic carbocycles. The van der Waals surface area contributed by atoms with Crippen LogP contribution in [0.2, 0.25) is 0 Å². The van der Waals surface area contributed by atoms with Gasteiger partial charge in [-0.1, -0.05) is 27.2 Å². The van der Waals surface area contributed by atoms with Crippen LogP contribution in [0.25, 0.3) is 0 Å². The van der Waals surface area contributed by atoms with Crippen LogP contribution in [0.5, 0.6) is 0 Å². The SMILES string of the molecule is CCCCNC(=S)NCCOCC(C)C. The zero-order valence-corrected chi connectivity index (χ0v) is 11.0. The lowest BCUT2D eigenvalue weighted by Gasteiger charge is -2.11. The van der Waals surface area contributed by atoms with Gasteiger partial charge in [-0.25, -0.2) is 0 Å². The fraction of sp³-hybridized carbons (Fsp3) is 0.909. The van der Waals surface area contributed by atoms with Crippen molar-refractivity contribution in [2.75, 3.05) is 26.3 Å². The molecule has 0 unspecified atom stereocenters. The molecule has 3 nitrogen and oxygen atoms in total. The van der Waals surface area contributed by atoms with Gasteiger partial charge in [-0.15, -0.1) is 0 Å². The fourth-order valence-electron chi connectivity index (χ4n) is 0.997. The van der Waals surface area contributed by atoms with Crippen LogP contribution in [0.15, 0.2) is 0 Å². The molecule has 0 amide bonds. The van der Waals surface area contributed by atoms with Gasteiger partial charge in [0.15, 0.2) is 5.11 Å². The molecule has 0 saturated heterocycles. The Hall–Kier alpha value is -0.350. The van der Waals surface area contributed by atoms with Crippen LogP contribution in [0.4, 0.5) is 0 Å². The van der Waals surface area contributed by atoms with E-state index in [4.69, 9.17) is 17.0 Å². The van der Waals surface area contributed by atoms with Crippen molar-refractivity contribution >= 4 is 17.3 Å². The van der Waals surface area contributed by atoms with Crippen molar-refractivity contribution in [3.63, 3.8) is 0 Å². The van der Waals surface area contributed by atoms with Crippen molar-refractivity contribution in [2.45, 2.75) is 33.6 Å². The summed E-state index contributed by atoms with van der Waals surface area (Å²) in [6.45, 7) is 9.72. The number of hydrogen-bond acceptors (Lipinski definition) is 2. The molecule has 0 aromatic carbocycles. The Kier molecular flexibility index (Phi) is 9.94. The highest BCUT2D eigenvalue weighted by Crippen LogP contribution is 1.90. The zero-order chi connectivity index (χ0) is 11.5. The molecular formula is C11H24N2OS. The number of unbranched alkanes of at least 4 members (excludes halogenated alkanes) is 1. The lowest BCUT2D eigenvalue weighted by atomic mass is 10.2. The molecule has 0 fully saturated rings. The summed E-state index contributed by atoms with van der Waals surface area (Å²) < 4.78 is 5.42. The first-order valence-electron chi connectivity index (χ1n) is 5.76. The molecule has 0 heterocycles. The van der Waals surface area contributed by atoms with Crippen LogP contribution in [-0.4, -0.2) is 31.4 Å². The maximum atomic E-state index is 5.42. The van der Waals surface area contributed by atoms with E-state index in [9.17, 15) is 0 Å². The van der Waals surface area contributed by atoms with Gasteiger partial charge in [-0.05, 0) is 24.6 Å². The van der Waals surface area contributed by atoms with Crippen molar-refractivity contribution in [3.05, 3.63) is 0 Å². The van der Waals surface area contributed by atoms with Gasteiger partial charge in [0.2, 0.25) is 0 Å². The predicted octanol–water partition coefficient (Wildman–Crippen LogP) is 1.92. The van der Waals surface area contributed by atoms with Crippen molar-refractivity contribution in [3.8, 4) is 0 Å². The second-order valence-electron chi connectivity index (χ2n) is 4.00. The summed E-state index contributed by atoms with van der Waals surface area (Å²) in [5, 5.41) is 6.99. The van der Waals surface area contributed by atoms with E-state index >= 15 is 0 Å². The number of thiocarbonyl (C=S) groups is 1. The highest BCUT2D eigenvalue weighted by molar-refractivity contribution is 7.80. The molecule has 15 heavy (non-hydrogen) atoms. The quantitative estimate of drug-likeness (QED) is 0.495. The van der Waals surface area contributed by atoms with E-state index in [0.29, 0.717) is 12.5 Å². The fourth-order valence-corrected chi connectivity index (χ4v) is 1.20. The smallest absolute Gasteiger partial charge is 0.166 e. The second kappa shape index (κ2) is 10.2. The van der Waals surface area contributed by atoms with E-state index in [-0.39, 0.29) is 0 Å². The standard InChI is InChI=1S/C11H24N2OS/c1-4-5-6-12-11(15)13-7-8-14-9-10(2)3/h10H,4-9H2,1-3H3,(H2,12,13,15). The average Bonchev–Trinajstić information content (AvgIpc) is 2.17. The second-order valence-corrected chi connectivity index (χ2v) is 4.41. The van der Waals surface area contributed by atoms with E-state index < -0.39 is 0 Å². The normalized spacial score (nSPS) is 10.4. The van der Waals surface area contributed by atoms with Gasteiger partial charge in [0, 0.05) is 19.7 Å². The Morgan fingerprint density at radius 2 is 1.93 bits per heavy atom. The van der Waals surface area contributed by atoms with E-state index in [1.165, 1.54) is 6.42 Å². The molecular weight excluding hydrogens is 208 g/mol. The summed E-state index contributed by atoms with van der Waals surface area (Å²) in [6, 6.07) is 0. The molecule has 0 rings (SSSR count). The lowest BCUT2D eigenvalue weighted by molar-refractivity contribution is 0.114. The summed E-state index contributed by atoms with van der Waals surface area (Å²) in [5.74, 6) is 0.597. The number of nitrogens with one attached hydrogen (secondary N) is 2.